The van der Waals surface area contributed by atoms with E-state index in [1.807, 2.05) is 12.1 Å². The van der Waals surface area contributed by atoms with Gasteiger partial charge in [-0.3, -0.25) is 4.79 Å². The van der Waals surface area contributed by atoms with Crippen molar-refractivity contribution in [1.29, 1.82) is 0 Å². The second-order valence-electron chi connectivity index (χ2n) is 12.1. The molecule has 0 radical (unpaired) electrons. The van der Waals surface area contributed by atoms with Crippen LogP contribution in [0, 0.1) is 11.7 Å². The summed E-state index contributed by atoms with van der Waals surface area (Å²) in [5.74, 6) is -1.24. The molecule has 0 bridgehead atoms. The van der Waals surface area contributed by atoms with E-state index < -0.39 is 51.2 Å². The second kappa shape index (κ2) is 13.7. The summed E-state index contributed by atoms with van der Waals surface area (Å²) in [4.78, 5) is 26.7. The lowest BCUT2D eigenvalue weighted by Crippen LogP contribution is -2.61. The summed E-state index contributed by atoms with van der Waals surface area (Å²) in [7, 11) is -3.62. The SMILES string of the molecule is CC1CN(C(=O)O)CC(CCc2c(F)cccc2NC(=O)[C@@H](N)[C@@H](c2ccc(Cl)cc2)C2CCOCC2)N1S(=O)(=O)C1CC1. The lowest BCUT2D eigenvalue weighted by molar-refractivity contribution is -0.118. The average molecular weight is 651 g/mol. The first-order valence-corrected chi connectivity index (χ1v) is 17.0. The number of rotatable bonds is 10. The van der Waals surface area contributed by atoms with E-state index in [0.29, 0.717) is 31.1 Å². The van der Waals surface area contributed by atoms with Gasteiger partial charge in [-0.2, -0.15) is 4.31 Å². The molecule has 5 rings (SSSR count). The van der Waals surface area contributed by atoms with E-state index >= 15 is 4.39 Å². The Morgan fingerprint density at radius 3 is 2.43 bits per heavy atom. The molecule has 2 saturated heterocycles. The van der Waals surface area contributed by atoms with Crippen molar-refractivity contribution >= 4 is 39.3 Å². The minimum atomic E-state index is -3.62. The highest BCUT2D eigenvalue weighted by molar-refractivity contribution is 7.90. The van der Waals surface area contributed by atoms with Gasteiger partial charge in [-0.05, 0) is 81.2 Å². The Labute approximate surface area is 262 Å². The third-order valence-corrected chi connectivity index (χ3v) is 11.9. The van der Waals surface area contributed by atoms with Crippen molar-refractivity contribution < 1.29 is 32.2 Å². The molecule has 2 aromatic rings. The van der Waals surface area contributed by atoms with Crippen LogP contribution < -0.4 is 11.1 Å². The third kappa shape index (κ3) is 7.20. The number of amides is 2. The van der Waals surface area contributed by atoms with Crippen LogP contribution in [0.3, 0.4) is 0 Å². The number of nitrogens with one attached hydrogen (secondary N) is 1. The summed E-state index contributed by atoms with van der Waals surface area (Å²) in [5, 5.41) is 12.6. The number of carboxylic acid groups (broad SMARTS) is 1. The van der Waals surface area contributed by atoms with Crippen molar-refractivity contribution in [2.75, 3.05) is 31.6 Å². The van der Waals surface area contributed by atoms with Crippen molar-refractivity contribution in [3.63, 3.8) is 0 Å². The zero-order valence-corrected chi connectivity index (χ0v) is 26.3. The van der Waals surface area contributed by atoms with Crippen LogP contribution >= 0.6 is 11.6 Å². The molecule has 0 aromatic heterocycles. The fourth-order valence-corrected chi connectivity index (χ4v) is 9.05. The molecular formula is C31H40ClFN4O6S. The van der Waals surface area contributed by atoms with Crippen LogP contribution in [-0.2, 0) is 26.0 Å². The average Bonchev–Trinajstić information content (AvgIpc) is 3.85. The van der Waals surface area contributed by atoms with Gasteiger partial charge < -0.3 is 25.8 Å². The normalized spacial score (nSPS) is 23.2. The maximum absolute atomic E-state index is 15.3. The Morgan fingerprint density at radius 1 is 1.11 bits per heavy atom. The molecule has 2 unspecified atom stereocenters. The number of benzene rings is 2. The van der Waals surface area contributed by atoms with E-state index in [1.54, 1.807) is 25.1 Å². The molecular weight excluding hydrogens is 611 g/mol. The standard InChI is InChI=1S/C31H40ClFN4O6S/c1-19-17-36(31(39)40)18-23(37(19)44(41,42)24-10-11-24)9-12-25-26(33)3-2-4-27(25)35-30(38)29(34)28(21-13-15-43-16-14-21)20-5-7-22(32)8-6-20/h2-8,19,21,23-24,28-29H,9-18,34H2,1H3,(H,35,38)(H,39,40)/t19?,23?,28-,29-/m0/s1. The fourth-order valence-electron chi connectivity index (χ4n) is 6.69. The molecule has 2 heterocycles. The third-order valence-electron chi connectivity index (χ3n) is 9.04. The summed E-state index contributed by atoms with van der Waals surface area (Å²) in [5.41, 5.74) is 7.98. The van der Waals surface area contributed by atoms with Gasteiger partial charge in [0.1, 0.15) is 5.82 Å². The number of hydrogen-bond donors (Lipinski definition) is 3. The molecule has 44 heavy (non-hydrogen) atoms. The Morgan fingerprint density at radius 2 is 1.80 bits per heavy atom. The molecule has 3 fully saturated rings. The first-order chi connectivity index (χ1) is 21.0. The van der Waals surface area contributed by atoms with Gasteiger partial charge in [0.05, 0.1) is 11.3 Å². The number of halogens is 2. The number of sulfonamides is 1. The van der Waals surface area contributed by atoms with Gasteiger partial charge in [-0.25, -0.2) is 17.6 Å². The van der Waals surface area contributed by atoms with Crippen molar-refractivity contribution in [3.8, 4) is 0 Å². The molecule has 2 aliphatic heterocycles. The Balaban J connectivity index is 1.36. The van der Waals surface area contributed by atoms with Crippen LogP contribution in [0.15, 0.2) is 42.5 Å². The smallest absolute Gasteiger partial charge is 0.407 e. The Hall–Kier alpha value is -2.77. The van der Waals surface area contributed by atoms with E-state index in [4.69, 9.17) is 22.1 Å². The maximum atomic E-state index is 15.3. The zero-order chi connectivity index (χ0) is 31.6. The number of anilines is 1. The highest BCUT2D eigenvalue weighted by Gasteiger charge is 2.47. The largest absolute Gasteiger partial charge is 0.465 e. The van der Waals surface area contributed by atoms with Crippen molar-refractivity contribution in [2.24, 2.45) is 11.7 Å². The minimum Gasteiger partial charge on any atom is -0.465 e. The number of nitrogens with zero attached hydrogens (tertiary/aromatic N) is 2. The molecule has 240 valence electrons. The minimum absolute atomic E-state index is 0.0134. The molecule has 2 aromatic carbocycles. The van der Waals surface area contributed by atoms with Crippen molar-refractivity contribution in [1.82, 2.24) is 9.21 Å². The highest BCUT2D eigenvalue weighted by Crippen LogP contribution is 2.37. The van der Waals surface area contributed by atoms with Gasteiger partial charge in [0.25, 0.3) is 0 Å². The van der Waals surface area contributed by atoms with E-state index in [0.717, 1.165) is 18.4 Å². The number of nitrogens with two attached hydrogens (primary N) is 1. The van der Waals surface area contributed by atoms with Crippen LogP contribution in [0.25, 0.3) is 0 Å². The molecule has 4 atom stereocenters. The van der Waals surface area contributed by atoms with Crippen LogP contribution in [0.1, 0.15) is 56.1 Å². The van der Waals surface area contributed by atoms with Gasteiger partial charge in [0.2, 0.25) is 15.9 Å². The Bertz CT molecular complexity index is 1450. The maximum Gasteiger partial charge on any atom is 0.407 e. The van der Waals surface area contributed by atoms with E-state index in [2.05, 4.69) is 5.32 Å². The predicted molar refractivity (Wildman–Crippen MR) is 166 cm³/mol. The van der Waals surface area contributed by atoms with Crippen LogP contribution in [-0.4, -0.2) is 84.4 Å². The summed E-state index contributed by atoms with van der Waals surface area (Å²) < 4.78 is 49.0. The van der Waals surface area contributed by atoms with Crippen molar-refractivity contribution in [3.05, 3.63) is 64.4 Å². The molecule has 10 nitrogen and oxygen atoms in total. The second-order valence-corrected chi connectivity index (χ2v) is 14.7. The first kappa shape index (κ1) is 32.6. The number of hydrogen-bond acceptors (Lipinski definition) is 6. The van der Waals surface area contributed by atoms with Crippen LogP contribution in [0.5, 0.6) is 0 Å². The molecule has 1 saturated carbocycles. The molecule has 2 amide bonds. The van der Waals surface area contributed by atoms with Gasteiger partial charge in [0, 0.05) is 60.6 Å². The molecule has 3 aliphatic rings. The topological polar surface area (TPSA) is 142 Å². The summed E-state index contributed by atoms with van der Waals surface area (Å²) in [6.45, 7) is 2.90. The summed E-state index contributed by atoms with van der Waals surface area (Å²) in [6.07, 6.45) is 1.77. The van der Waals surface area contributed by atoms with Crippen molar-refractivity contribution in [2.45, 2.75) is 74.7 Å². The number of carbonyl (C=O) groups excluding carboxylic acids is 1. The molecule has 1 aliphatic carbocycles. The fraction of sp³-hybridized carbons (Fsp3) is 0.548. The van der Waals surface area contributed by atoms with Crippen LogP contribution in [0.4, 0.5) is 14.9 Å². The summed E-state index contributed by atoms with van der Waals surface area (Å²) in [6, 6.07) is 9.48. The predicted octanol–water partition coefficient (Wildman–Crippen LogP) is 4.43. The van der Waals surface area contributed by atoms with Gasteiger partial charge in [-0.1, -0.05) is 29.8 Å². The number of ether oxygens (including phenoxy) is 1. The highest BCUT2D eigenvalue weighted by atomic mass is 35.5. The summed E-state index contributed by atoms with van der Waals surface area (Å²) >= 11 is 6.12. The van der Waals surface area contributed by atoms with E-state index in [1.165, 1.54) is 21.3 Å². The van der Waals surface area contributed by atoms with Gasteiger partial charge in [-0.15, -0.1) is 0 Å². The lowest BCUT2D eigenvalue weighted by atomic mass is 9.76. The van der Waals surface area contributed by atoms with Gasteiger partial charge in [0.15, 0.2) is 0 Å². The van der Waals surface area contributed by atoms with Gasteiger partial charge >= 0.3 is 6.09 Å². The van der Waals surface area contributed by atoms with E-state index in [-0.39, 0.29) is 49.0 Å². The number of carbonyl (C=O) groups is 2. The zero-order valence-electron chi connectivity index (χ0n) is 24.7. The lowest BCUT2D eigenvalue weighted by Gasteiger charge is -2.44. The quantitative estimate of drug-likeness (QED) is 0.345. The van der Waals surface area contributed by atoms with Crippen LogP contribution in [0.2, 0.25) is 5.02 Å². The molecule has 0 spiro atoms. The Kier molecular flexibility index (Phi) is 10.2. The first-order valence-electron chi connectivity index (χ1n) is 15.1. The monoisotopic (exact) mass is 650 g/mol. The van der Waals surface area contributed by atoms with E-state index in [9.17, 15) is 23.1 Å². The molecule has 4 N–H and O–H groups in total. The number of piperazine rings is 1. The molecule has 13 heteroatoms.